The number of hydrogen-bond donors (Lipinski definition) is 2. The zero-order valence-corrected chi connectivity index (χ0v) is 9.40. The molecule has 7 heteroatoms. The minimum atomic E-state index is -0.569. The van der Waals surface area contributed by atoms with Crippen LogP contribution >= 0.6 is 11.3 Å². The van der Waals surface area contributed by atoms with Crippen molar-refractivity contribution in [1.29, 1.82) is 0 Å². The fourth-order valence-corrected chi connectivity index (χ4v) is 1.77. The standard InChI is InChI=1S/C10H8N4O2S/c11-8(15)7-5-13-10(17-7)14-9(16)6-3-1-2-4-12-6/h1-5H,(H2,11,15)(H,13,14,16). The van der Waals surface area contributed by atoms with Crippen molar-refractivity contribution in [2.45, 2.75) is 0 Å². The summed E-state index contributed by atoms with van der Waals surface area (Å²) in [4.78, 5) is 30.6. The number of carbonyl (C=O) groups excluding carboxylic acids is 2. The van der Waals surface area contributed by atoms with E-state index in [2.05, 4.69) is 15.3 Å². The van der Waals surface area contributed by atoms with Crippen LogP contribution < -0.4 is 11.1 Å². The number of nitrogens with one attached hydrogen (secondary N) is 1. The van der Waals surface area contributed by atoms with E-state index in [-0.39, 0.29) is 11.6 Å². The number of nitrogens with zero attached hydrogens (tertiary/aromatic N) is 2. The number of amides is 2. The van der Waals surface area contributed by atoms with E-state index < -0.39 is 5.91 Å². The lowest BCUT2D eigenvalue weighted by Crippen LogP contribution is -2.13. The number of primary amides is 1. The Morgan fingerprint density at radius 2 is 2.12 bits per heavy atom. The molecular weight excluding hydrogens is 240 g/mol. The normalized spacial score (nSPS) is 9.88. The van der Waals surface area contributed by atoms with Crippen LogP contribution in [0.15, 0.2) is 30.6 Å². The first-order chi connectivity index (χ1) is 8.16. The van der Waals surface area contributed by atoms with Gasteiger partial charge in [-0.25, -0.2) is 4.98 Å². The van der Waals surface area contributed by atoms with Crippen molar-refractivity contribution in [3.63, 3.8) is 0 Å². The predicted octanol–water partition coefficient (Wildman–Crippen LogP) is 0.889. The van der Waals surface area contributed by atoms with Crippen molar-refractivity contribution >= 4 is 28.3 Å². The molecule has 17 heavy (non-hydrogen) atoms. The van der Waals surface area contributed by atoms with Gasteiger partial charge in [-0.3, -0.25) is 19.9 Å². The highest BCUT2D eigenvalue weighted by molar-refractivity contribution is 7.17. The van der Waals surface area contributed by atoms with Crippen LogP contribution in [0.2, 0.25) is 0 Å². The van der Waals surface area contributed by atoms with Crippen molar-refractivity contribution in [3.8, 4) is 0 Å². The molecule has 0 fully saturated rings. The van der Waals surface area contributed by atoms with Crippen LogP contribution in [-0.2, 0) is 0 Å². The van der Waals surface area contributed by atoms with Gasteiger partial charge in [-0.15, -0.1) is 0 Å². The highest BCUT2D eigenvalue weighted by Crippen LogP contribution is 2.17. The van der Waals surface area contributed by atoms with E-state index in [4.69, 9.17) is 5.73 Å². The SMILES string of the molecule is NC(=O)c1cnc(NC(=O)c2ccccn2)s1. The molecule has 0 radical (unpaired) electrons. The summed E-state index contributed by atoms with van der Waals surface area (Å²) in [5.74, 6) is -0.947. The topological polar surface area (TPSA) is 98.0 Å². The van der Waals surface area contributed by atoms with Crippen molar-refractivity contribution < 1.29 is 9.59 Å². The molecule has 2 amide bonds. The minimum Gasteiger partial charge on any atom is -0.365 e. The molecule has 0 saturated heterocycles. The Labute approximate surface area is 101 Å². The molecule has 2 aromatic rings. The molecule has 0 aromatic carbocycles. The minimum absolute atomic E-state index is 0.281. The number of nitrogens with two attached hydrogens (primary N) is 1. The van der Waals surface area contributed by atoms with E-state index in [0.29, 0.717) is 10.0 Å². The zero-order valence-electron chi connectivity index (χ0n) is 8.58. The first-order valence-corrected chi connectivity index (χ1v) is 5.46. The number of thiazole rings is 1. The molecule has 2 heterocycles. The second kappa shape index (κ2) is 4.71. The highest BCUT2D eigenvalue weighted by atomic mass is 32.1. The second-order valence-electron chi connectivity index (χ2n) is 3.06. The number of pyridine rings is 1. The Morgan fingerprint density at radius 1 is 1.29 bits per heavy atom. The van der Waals surface area contributed by atoms with E-state index in [0.717, 1.165) is 11.3 Å². The average molecular weight is 248 g/mol. The van der Waals surface area contributed by atoms with Crippen LogP contribution in [0, 0.1) is 0 Å². The van der Waals surface area contributed by atoms with Crippen molar-refractivity contribution in [2.75, 3.05) is 5.32 Å². The van der Waals surface area contributed by atoms with E-state index >= 15 is 0 Å². The third-order valence-electron chi connectivity index (χ3n) is 1.87. The van der Waals surface area contributed by atoms with Crippen LogP contribution in [0.3, 0.4) is 0 Å². The summed E-state index contributed by atoms with van der Waals surface area (Å²) in [5.41, 5.74) is 5.36. The van der Waals surface area contributed by atoms with Crippen molar-refractivity contribution in [2.24, 2.45) is 5.73 Å². The van der Waals surface area contributed by atoms with Gasteiger partial charge in [-0.2, -0.15) is 0 Å². The maximum Gasteiger partial charge on any atom is 0.276 e. The fourth-order valence-electron chi connectivity index (χ4n) is 1.10. The Balaban J connectivity index is 2.11. The molecule has 0 atom stereocenters. The molecule has 2 rings (SSSR count). The quantitative estimate of drug-likeness (QED) is 0.842. The van der Waals surface area contributed by atoms with Gasteiger partial charge in [-0.1, -0.05) is 17.4 Å². The Hall–Kier alpha value is -2.28. The molecule has 86 valence electrons. The summed E-state index contributed by atoms with van der Waals surface area (Å²) < 4.78 is 0. The van der Waals surface area contributed by atoms with Gasteiger partial charge in [0.1, 0.15) is 10.6 Å². The van der Waals surface area contributed by atoms with Crippen LogP contribution in [0.25, 0.3) is 0 Å². The van der Waals surface area contributed by atoms with Crippen LogP contribution in [0.1, 0.15) is 20.2 Å². The number of carbonyl (C=O) groups is 2. The van der Waals surface area contributed by atoms with Gasteiger partial charge in [0.2, 0.25) is 0 Å². The molecule has 2 aromatic heterocycles. The molecule has 3 N–H and O–H groups in total. The van der Waals surface area contributed by atoms with Crippen LogP contribution in [0.5, 0.6) is 0 Å². The largest absolute Gasteiger partial charge is 0.365 e. The van der Waals surface area contributed by atoms with Crippen LogP contribution in [-0.4, -0.2) is 21.8 Å². The Bertz CT molecular complexity index is 552. The molecule has 0 spiro atoms. The molecule has 0 unspecified atom stereocenters. The van der Waals surface area contributed by atoms with E-state index in [1.54, 1.807) is 18.2 Å². The summed E-state index contributed by atoms with van der Waals surface area (Å²) in [6, 6.07) is 5.00. The van der Waals surface area contributed by atoms with Gasteiger partial charge in [0.15, 0.2) is 5.13 Å². The third-order valence-corrected chi connectivity index (χ3v) is 2.79. The van der Waals surface area contributed by atoms with Gasteiger partial charge >= 0.3 is 0 Å². The number of rotatable bonds is 3. The monoisotopic (exact) mass is 248 g/mol. The first-order valence-electron chi connectivity index (χ1n) is 4.65. The smallest absolute Gasteiger partial charge is 0.276 e. The van der Waals surface area contributed by atoms with Gasteiger partial charge in [0.05, 0.1) is 6.20 Å². The molecule has 0 bridgehead atoms. The summed E-state index contributed by atoms with van der Waals surface area (Å²) >= 11 is 1.02. The van der Waals surface area contributed by atoms with E-state index in [1.165, 1.54) is 12.4 Å². The Kier molecular flexibility index (Phi) is 3.10. The third kappa shape index (κ3) is 2.64. The lowest BCUT2D eigenvalue weighted by atomic mass is 10.3. The van der Waals surface area contributed by atoms with Gasteiger partial charge in [-0.05, 0) is 12.1 Å². The van der Waals surface area contributed by atoms with Gasteiger partial charge in [0, 0.05) is 6.20 Å². The van der Waals surface area contributed by atoms with E-state index in [1.807, 2.05) is 0 Å². The zero-order chi connectivity index (χ0) is 12.3. The maximum absolute atomic E-state index is 11.7. The molecule has 6 nitrogen and oxygen atoms in total. The average Bonchev–Trinajstić information content (AvgIpc) is 2.79. The Morgan fingerprint density at radius 3 is 2.71 bits per heavy atom. The summed E-state index contributed by atoms with van der Waals surface area (Å²) in [5, 5.41) is 2.85. The first kappa shape index (κ1) is 11.2. The highest BCUT2D eigenvalue weighted by Gasteiger charge is 2.11. The van der Waals surface area contributed by atoms with Crippen LogP contribution in [0.4, 0.5) is 5.13 Å². The molecule has 0 aliphatic rings. The predicted molar refractivity (Wildman–Crippen MR) is 62.8 cm³/mol. The summed E-state index contributed by atoms with van der Waals surface area (Å²) in [7, 11) is 0. The fraction of sp³-hybridized carbons (Fsp3) is 0. The lowest BCUT2D eigenvalue weighted by molar-refractivity contribution is 0.1000. The molecule has 0 saturated carbocycles. The second-order valence-corrected chi connectivity index (χ2v) is 4.09. The van der Waals surface area contributed by atoms with Crippen molar-refractivity contribution in [3.05, 3.63) is 41.2 Å². The van der Waals surface area contributed by atoms with Gasteiger partial charge in [0.25, 0.3) is 11.8 Å². The lowest BCUT2D eigenvalue weighted by Gasteiger charge is -1.99. The van der Waals surface area contributed by atoms with Gasteiger partial charge < -0.3 is 5.73 Å². The molecule has 0 aliphatic carbocycles. The van der Waals surface area contributed by atoms with E-state index in [9.17, 15) is 9.59 Å². The summed E-state index contributed by atoms with van der Waals surface area (Å²) in [6.45, 7) is 0. The van der Waals surface area contributed by atoms with Crippen molar-refractivity contribution in [1.82, 2.24) is 9.97 Å². The molecular formula is C10H8N4O2S. The number of anilines is 1. The summed E-state index contributed by atoms with van der Waals surface area (Å²) in [6.07, 6.45) is 2.84. The molecule has 0 aliphatic heterocycles. The number of hydrogen-bond acceptors (Lipinski definition) is 5. The maximum atomic E-state index is 11.7. The number of aromatic nitrogens is 2.